The summed E-state index contributed by atoms with van der Waals surface area (Å²) in [4.78, 5) is 30.0. The summed E-state index contributed by atoms with van der Waals surface area (Å²) in [7, 11) is 1.72. The molecule has 0 saturated heterocycles. The van der Waals surface area contributed by atoms with E-state index in [1.54, 1.807) is 36.2 Å². The van der Waals surface area contributed by atoms with Crippen LogP contribution in [0.25, 0.3) is 5.69 Å². The van der Waals surface area contributed by atoms with E-state index in [-0.39, 0.29) is 18.3 Å². The van der Waals surface area contributed by atoms with Crippen LogP contribution in [0.15, 0.2) is 41.3 Å². The van der Waals surface area contributed by atoms with Crippen molar-refractivity contribution >= 4 is 35.0 Å². The van der Waals surface area contributed by atoms with Crippen molar-refractivity contribution < 1.29 is 28.5 Å². The van der Waals surface area contributed by atoms with Gasteiger partial charge < -0.3 is 28.4 Å². The molecule has 0 spiro atoms. The molecule has 2 aromatic heterocycles. The minimum Gasteiger partial charge on any atom is -0.460 e. The molecule has 0 aliphatic carbocycles. The lowest BCUT2D eigenvalue weighted by Gasteiger charge is -2.19. The number of ether oxygens (including phenoxy) is 4. The number of benzene rings is 1. The van der Waals surface area contributed by atoms with Gasteiger partial charge in [0.1, 0.15) is 5.60 Å². The molecule has 224 valence electrons. The molecule has 3 rings (SSSR count). The second kappa shape index (κ2) is 16.6. The van der Waals surface area contributed by atoms with Crippen molar-refractivity contribution in [3.05, 3.63) is 53.1 Å². The van der Waals surface area contributed by atoms with Crippen LogP contribution in [-0.4, -0.2) is 95.4 Å². The molecule has 1 aromatic carbocycles. The lowest BCUT2D eigenvalue weighted by molar-refractivity contribution is -0.156. The van der Waals surface area contributed by atoms with Gasteiger partial charge in [-0.25, -0.2) is 4.98 Å². The molecule has 0 atom stereocenters. The van der Waals surface area contributed by atoms with Crippen LogP contribution in [0.1, 0.15) is 48.1 Å². The average Bonchev–Trinajstić information content (AvgIpc) is 3.62. The number of esters is 1. The molecule has 0 unspecified atom stereocenters. The van der Waals surface area contributed by atoms with Gasteiger partial charge in [-0.2, -0.15) is 0 Å². The fourth-order valence-corrected chi connectivity index (χ4v) is 5.39. The zero-order valence-corrected chi connectivity index (χ0v) is 26.0. The molecule has 11 nitrogen and oxygen atoms in total. The van der Waals surface area contributed by atoms with Gasteiger partial charge in [-0.3, -0.25) is 9.59 Å². The predicted molar refractivity (Wildman–Crippen MR) is 158 cm³/mol. The summed E-state index contributed by atoms with van der Waals surface area (Å²) in [5, 5.41) is 8.64. The van der Waals surface area contributed by atoms with Gasteiger partial charge in [-0.1, -0.05) is 29.2 Å². The summed E-state index contributed by atoms with van der Waals surface area (Å²) in [6.45, 7) is 10.3. The first-order valence-corrected chi connectivity index (χ1v) is 15.2. The van der Waals surface area contributed by atoms with Gasteiger partial charge in [0.15, 0.2) is 4.34 Å². The lowest BCUT2D eigenvalue weighted by atomic mass is 10.1. The normalized spacial score (nSPS) is 11.5. The number of amides is 1. The quantitative estimate of drug-likeness (QED) is 0.126. The minimum atomic E-state index is -0.487. The molecule has 0 bridgehead atoms. The number of nitrogens with zero attached hydrogens (tertiary/aromatic N) is 5. The maximum Gasteiger partial charge on any atom is 0.308 e. The van der Waals surface area contributed by atoms with Crippen molar-refractivity contribution in [2.75, 3.05) is 53.2 Å². The van der Waals surface area contributed by atoms with Gasteiger partial charge in [0.2, 0.25) is 5.01 Å². The third-order valence-electron chi connectivity index (χ3n) is 5.60. The molecule has 0 aliphatic rings. The highest BCUT2D eigenvalue weighted by Gasteiger charge is 2.18. The highest BCUT2D eigenvalue weighted by molar-refractivity contribution is 8.00. The number of carbonyl (C=O) groups is 2. The van der Waals surface area contributed by atoms with E-state index in [0.29, 0.717) is 51.2 Å². The molecule has 0 saturated carbocycles. The van der Waals surface area contributed by atoms with E-state index < -0.39 is 5.60 Å². The van der Waals surface area contributed by atoms with Crippen LogP contribution in [0.3, 0.4) is 0 Å². The standard InChI is InChI=1S/C28H39N5O6S2/c1-21-18-23(33-10-9-29-20-33)7-6-22(21)19-40-27-31-30-25(41-27)26(35)32(5)11-13-37-15-17-38-16-14-36-12-8-24(34)39-28(2,3)4/h6-7,9-10,18,20H,8,11-17,19H2,1-5H3. The van der Waals surface area contributed by atoms with E-state index in [9.17, 15) is 9.59 Å². The second-order valence-electron chi connectivity index (χ2n) is 10.1. The van der Waals surface area contributed by atoms with Crippen molar-refractivity contribution in [2.45, 2.75) is 49.8 Å². The minimum absolute atomic E-state index is 0.182. The van der Waals surface area contributed by atoms with Crippen molar-refractivity contribution in [2.24, 2.45) is 0 Å². The SMILES string of the molecule is Cc1cc(-n2ccnc2)ccc1CSc1nnc(C(=O)N(C)CCOCCOCCOCCC(=O)OC(C)(C)C)s1. The molecule has 0 radical (unpaired) electrons. The van der Waals surface area contributed by atoms with Crippen molar-refractivity contribution in [1.29, 1.82) is 0 Å². The monoisotopic (exact) mass is 605 g/mol. The van der Waals surface area contributed by atoms with Crippen LogP contribution < -0.4 is 0 Å². The molecule has 2 heterocycles. The van der Waals surface area contributed by atoms with Gasteiger partial charge in [-0.05, 0) is 51.0 Å². The molecule has 0 fully saturated rings. The number of rotatable bonds is 17. The summed E-state index contributed by atoms with van der Waals surface area (Å²) in [6, 6.07) is 6.29. The highest BCUT2D eigenvalue weighted by atomic mass is 32.2. The summed E-state index contributed by atoms with van der Waals surface area (Å²) in [5.41, 5.74) is 2.96. The Morgan fingerprint density at radius 2 is 1.73 bits per heavy atom. The van der Waals surface area contributed by atoms with E-state index in [1.807, 2.05) is 31.5 Å². The smallest absolute Gasteiger partial charge is 0.308 e. The van der Waals surface area contributed by atoms with Crippen LogP contribution in [0.4, 0.5) is 0 Å². The maximum absolute atomic E-state index is 12.7. The van der Waals surface area contributed by atoms with Gasteiger partial charge in [-0.15, -0.1) is 10.2 Å². The van der Waals surface area contributed by atoms with Gasteiger partial charge >= 0.3 is 5.97 Å². The Bertz CT molecular complexity index is 1230. The van der Waals surface area contributed by atoms with E-state index in [1.165, 1.54) is 22.5 Å². The summed E-state index contributed by atoms with van der Waals surface area (Å²) in [6.07, 6.45) is 5.66. The lowest BCUT2D eigenvalue weighted by Crippen LogP contribution is -2.30. The Labute approximate surface area is 249 Å². The molecule has 0 aliphatic heterocycles. The molecule has 13 heteroatoms. The molecular formula is C28H39N5O6S2. The number of aromatic nitrogens is 4. The fourth-order valence-electron chi connectivity index (χ4n) is 3.46. The first-order chi connectivity index (χ1) is 19.6. The number of hydrogen-bond acceptors (Lipinski definition) is 11. The maximum atomic E-state index is 12.7. The largest absolute Gasteiger partial charge is 0.460 e. The molecular weight excluding hydrogens is 566 g/mol. The fraction of sp³-hybridized carbons (Fsp3) is 0.536. The zero-order valence-electron chi connectivity index (χ0n) is 24.3. The number of imidazole rings is 1. The molecule has 0 N–H and O–H groups in total. The summed E-state index contributed by atoms with van der Waals surface area (Å²) >= 11 is 2.86. The van der Waals surface area contributed by atoms with Crippen molar-refractivity contribution in [1.82, 2.24) is 24.6 Å². The average molecular weight is 606 g/mol. The Morgan fingerprint density at radius 1 is 1.02 bits per heavy atom. The van der Waals surface area contributed by atoms with E-state index in [4.69, 9.17) is 18.9 Å². The van der Waals surface area contributed by atoms with E-state index >= 15 is 0 Å². The first-order valence-electron chi connectivity index (χ1n) is 13.4. The van der Waals surface area contributed by atoms with Crippen LogP contribution >= 0.6 is 23.1 Å². The molecule has 1 amide bonds. The Morgan fingerprint density at radius 3 is 2.39 bits per heavy atom. The highest BCUT2D eigenvalue weighted by Crippen LogP contribution is 2.28. The van der Waals surface area contributed by atoms with Crippen LogP contribution in [0.5, 0.6) is 0 Å². The topological polar surface area (TPSA) is 118 Å². The Hall–Kier alpha value is -2.84. The zero-order chi connectivity index (χ0) is 29.7. The number of likely N-dealkylation sites (N-methyl/N-ethyl adjacent to an activating group) is 1. The molecule has 41 heavy (non-hydrogen) atoms. The Kier molecular flexibility index (Phi) is 13.2. The van der Waals surface area contributed by atoms with Crippen LogP contribution in [0, 0.1) is 6.92 Å². The predicted octanol–water partition coefficient (Wildman–Crippen LogP) is 4.18. The van der Waals surface area contributed by atoms with Crippen LogP contribution in [0.2, 0.25) is 0 Å². The number of thioether (sulfide) groups is 1. The van der Waals surface area contributed by atoms with Crippen LogP contribution in [-0.2, 0) is 29.5 Å². The van der Waals surface area contributed by atoms with E-state index in [2.05, 4.69) is 40.3 Å². The van der Waals surface area contributed by atoms with Gasteiger partial charge in [0.05, 0.1) is 52.4 Å². The third-order valence-corrected chi connectivity index (χ3v) is 7.69. The van der Waals surface area contributed by atoms with Gasteiger partial charge in [0.25, 0.3) is 5.91 Å². The summed E-state index contributed by atoms with van der Waals surface area (Å²) < 4.78 is 24.4. The van der Waals surface area contributed by atoms with Crippen molar-refractivity contribution in [3.63, 3.8) is 0 Å². The first kappa shape index (κ1) is 32.7. The van der Waals surface area contributed by atoms with Gasteiger partial charge in [0, 0.05) is 37.4 Å². The van der Waals surface area contributed by atoms with E-state index in [0.717, 1.165) is 15.8 Å². The number of hydrogen-bond donors (Lipinski definition) is 0. The summed E-state index contributed by atoms with van der Waals surface area (Å²) in [5.74, 6) is 0.279. The molecule has 3 aromatic rings. The second-order valence-corrected chi connectivity index (χ2v) is 12.3. The number of carbonyl (C=O) groups excluding carboxylic acids is 2. The Balaban J connectivity index is 1.25. The van der Waals surface area contributed by atoms with Crippen molar-refractivity contribution in [3.8, 4) is 5.69 Å². The number of aryl methyl sites for hydroxylation is 1. The third kappa shape index (κ3) is 11.9.